The number of hydrogen-bond donors (Lipinski definition) is 2. The molecule has 2 amide bonds. The van der Waals surface area contributed by atoms with Gasteiger partial charge in [-0.25, -0.2) is 0 Å². The van der Waals surface area contributed by atoms with Gasteiger partial charge in [-0.1, -0.05) is 35.3 Å². The van der Waals surface area contributed by atoms with Gasteiger partial charge in [0.1, 0.15) is 4.34 Å². The lowest BCUT2D eigenvalue weighted by atomic mass is 10.1. The van der Waals surface area contributed by atoms with Crippen LogP contribution in [0.4, 0.5) is 5.69 Å². The third-order valence-corrected chi connectivity index (χ3v) is 5.32. The Morgan fingerprint density at radius 1 is 1.20 bits per heavy atom. The molecular weight excluding hydrogens is 383 g/mol. The molecule has 0 saturated carbocycles. The van der Waals surface area contributed by atoms with E-state index in [1.54, 1.807) is 24.3 Å². The molecule has 1 aliphatic heterocycles. The van der Waals surface area contributed by atoms with Gasteiger partial charge in [0.05, 0.1) is 27.3 Å². The van der Waals surface area contributed by atoms with Gasteiger partial charge >= 0.3 is 0 Å². The summed E-state index contributed by atoms with van der Waals surface area (Å²) in [6, 6.07) is 8.31. The Labute approximate surface area is 159 Å². The zero-order chi connectivity index (χ0) is 17.8. The van der Waals surface area contributed by atoms with E-state index in [0.717, 1.165) is 30.8 Å². The molecule has 2 heterocycles. The molecule has 8 heteroatoms. The van der Waals surface area contributed by atoms with E-state index < -0.39 is 5.91 Å². The zero-order valence-corrected chi connectivity index (χ0v) is 15.5. The van der Waals surface area contributed by atoms with Gasteiger partial charge in [-0.2, -0.15) is 0 Å². The van der Waals surface area contributed by atoms with Crippen LogP contribution in [0.25, 0.3) is 0 Å². The molecule has 1 aromatic heterocycles. The summed E-state index contributed by atoms with van der Waals surface area (Å²) >= 11 is 13.0. The first-order chi connectivity index (χ1) is 12.0. The maximum absolute atomic E-state index is 12.4. The SMILES string of the molecule is O=C(NCC1CCCO1)c1ccccc1NC(=O)c1cc(Cl)sc1Cl. The maximum Gasteiger partial charge on any atom is 0.258 e. The van der Waals surface area contributed by atoms with E-state index in [4.69, 9.17) is 27.9 Å². The molecule has 3 rings (SSSR count). The number of anilines is 1. The van der Waals surface area contributed by atoms with E-state index in [-0.39, 0.29) is 17.6 Å². The summed E-state index contributed by atoms with van der Waals surface area (Å²) in [4.78, 5) is 24.8. The fourth-order valence-corrected chi connectivity index (χ4v) is 4.04. The van der Waals surface area contributed by atoms with Crippen LogP contribution in [0, 0.1) is 0 Å². The highest BCUT2D eigenvalue weighted by atomic mass is 35.5. The molecule has 1 unspecified atom stereocenters. The van der Waals surface area contributed by atoms with Crippen molar-refractivity contribution in [1.82, 2.24) is 5.32 Å². The molecule has 1 saturated heterocycles. The van der Waals surface area contributed by atoms with E-state index >= 15 is 0 Å². The number of nitrogens with one attached hydrogen (secondary N) is 2. The van der Waals surface area contributed by atoms with Gasteiger partial charge in [0.25, 0.3) is 11.8 Å². The largest absolute Gasteiger partial charge is 0.376 e. The monoisotopic (exact) mass is 398 g/mol. The lowest BCUT2D eigenvalue weighted by Gasteiger charge is -2.13. The van der Waals surface area contributed by atoms with Crippen LogP contribution >= 0.6 is 34.5 Å². The van der Waals surface area contributed by atoms with Crippen molar-refractivity contribution in [2.75, 3.05) is 18.5 Å². The van der Waals surface area contributed by atoms with Crippen molar-refractivity contribution in [3.05, 3.63) is 50.1 Å². The summed E-state index contributed by atoms with van der Waals surface area (Å²) in [5.74, 6) is -0.673. The topological polar surface area (TPSA) is 67.4 Å². The molecule has 0 radical (unpaired) electrons. The normalized spacial score (nSPS) is 16.6. The van der Waals surface area contributed by atoms with Crippen molar-refractivity contribution in [3.8, 4) is 0 Å². The Morgan fingerprint density at radius 3 is 2.68 bits per heavy atom. The minimum atomic E-state index is -0.410. The minimum absolute atomic E-state index is 0.0532. The molecule has 1 fully saturated rings. The predicted molar refractivity (Wildman–Crippen MR) is 100 cm³/mol. The molecule has 1 atom stereocenters. The van der Waals surface area contributed by atoms with E-state index in [2.05, 4.69) is 10.6 Å². The first-order valence-corrected chi connectivity index (χ1v) is 9.37. The molecule has 0 spiro atoms. The second-order valence-electron chi connectivity index (χ2n) is 5.58. The van der Waals surface area contributed by atoms with Gasteiger partial charge in [-0.05, 0) is 31.0 Å². The van der Waals surface area contributed by atoms with Gasteiger partial charge in [0.2, 0.25) is 0 Å². The molecule has 2 aromatic rings. The highest BCUT2D eigenvalue weighted by Gasteiger charge is 2.20. The molecule has 25 heavy (non-hydrogen) atoms. The number of ether oxygens (including phenoxy) is 1. The van der Waals surface area contributed by atoms with Gasteiger partial charge in [-0.15, -0.1) is 11.3 Å². The van der Waals surface area contributed by atoms with Crippen LogP contribution in [0.2, 0.25) is 8.67 Å². The average molecular weight is 399 g/mol. The second kappa shape index (κ2) is 8.19. The number of halogens is 2. The van der Waals surface area contributed by atoms with Crippen molar-refractivity contribution in [3.63, 3.8) is 0 Å². The first kappa shape index (κ1) is 18.2. The Morgan fingerprint density at radius 2 is 2.00 bits per heavy atom. The fourth-order valence-electron chi connectivity index (χ4n) is 2.58. The quantitative estimate of drug-likeness (QED) is 0.791. The minimum Gasteiger partial charge on any atom is -0.376 e. The highest BCUT2D eigenvalue weighted by molar-refractivity contribution is 7.20. The number of benzene rings is 1. The number of para-hydroxylation sites is 1. The third-order valence-electron chi connectivity index (χ3n) is 3.84. The lowest BCUT2D eigenvalue weighted by Crippen LogP contribution is -2.32. The fraction of sp³-hybridized carbons (Fsp3) is 0.294. The van der Waals surface area contributed by atoms with Crippen LogP contribution in [0.15, 0.2) is 30.3 Å². The Hall–Kier alpha value is -1.60. The van der Waals surface area contributed by atoms with Crippen molar-refractivity contribution in [1.29, 1.82) is 0 Å². The lowest BCUT2D eigenvalue weighted by molar-refractivity contribution is 0.0858. The number of carbonyl (C=O) groups is 2. The molecule has 0 bridgehead atoms. The summed E-state index contributed by atoms with van der Waals surface area (Å²) in [7, 11) is 0. The predicted octanol–water partition coefficient (Wildman–Crippen LogP) is 4.22. The van der Waals surface area contributed by atoms with Crippen LogP contribution in [-0.4, -0.2) is 31.1 Å². The number of thiophene rings is 1. The molecule has 1 aliphatic rings. The van der Waals surface area contributed by atoms with Crippen molar-refractivity contribution in [2.24, 2.45) is 0 Å². The van der Waals surface area contributed by atoms with Crippen LogP contribution in [0.1, 0.15) is 33.6 Å². The van der Waals surface area contributed by atoms with Crippen LogP contribution in [0.5, 0.6) is 0 Å². The number of rotatable bonds is 5. The molecule has 2 N–H and O–H groups in total. The summed E-state index contributed by atoms with van der Waals surface area (Å²) in [5.41, 5.74) is 1.08. The zero-order valence-electron chi connectivity index (χ0n) is 13.2. The number of hydrogen-bond acceptors (Lipinski definition) is 4. The highest BCUT2D eigenvalue weighted by Crippen LogP contribution is 2.31. The summed E-state index contributed by atoms with van der Waals surface area (Å²) in [5, 5.41) is 5.57. The van der Waals surface area contributed by atoms with Crippen LogP contribution < -0.4 is 10.6 Å². The van der Waals surface area contributed by atoms with Crippen LogP contribution in [-0.2, 0) is 4.74 Å². The molecule has 1 aromatic carbocycles. The Kier molecular flexibility index (Phi) is 5.96. The smallest absolute Gasteiger partial charge is 0.258 e. The van der Waals surface area contributed by atoms with Crippen LogP contribution in [0.3, 0.4) is 0 Å². The van der Waals surface area contributed by atoms with Gasteiger partial charge in [-0.3, -0.25) is 9.59 Å². The second-order valence-corrected chi connectivity index (χ2v) is 7.87. The van der Waals surface area contributed by atoms with E-state index in [0.29, 0.717) is 26.5 Å². The van der Waals surface area contributed by atoms with E-state index in [1.807, 2.05) is 0 Å². The summed E-state index contributed by atoms with van der Waals surface area (Å²) < 4.78 is 6.23. The van der Waals surface area contributed by atoms with E-state index in [9.17, 15) is 9.59 Å². The molecule has 132 valence electrons. The number of amides is 2. The van der Waals surface area contributed by atoms with Crippen molar-refractivity contribution >= 4 is 52.0 Å². The Bertz CT molecular complexity index is 788. The third kappa shape index (κ3) is 4.52. The van der Waals surface area contributed by atoms with E-state index in [1.165, 1.54) is 6.07 Å². The molecular formula is C17H16Cl2N2O3S. The summed E-state index contributed by atoms with van der Waals surface area (Å²) in [6.45, 7) is 1.18. The van der Waals surface area contributed by atoms with Gasteiger partial charge in [0, 0.05) is 13.2 Å². The first-order valence-electron chi connectivity index (χ1n) is 7.79. The maximum atomic E-state index is 12.4. The Balaban J connectivity index is 1.70. The number of carbonyl (C=O) groups excluding carboxylic acids is 2. The van der Waals surface area contributed by atoms with Gasteiger partial charge < -0.3 is 15.4 Å². The molecule has 5 nitrogen and oxygen atoms in total. The van der Waals surface area contributed by atoms with Gasteiger partial charge in [0.15, 0.2) is 0 Å². The molecule has 0 aliphatic carbocycles. The summed E-state index contributed by atoms with van der Waals surface area (Å²) in [6.07, 6.45) is 2.00. The average Bonchev–Trinajstić information content (AvgIpc) is 3.22. The standard InChI is InChI=1S/C17H16Cl2N2O3S/c18-14-8-12(15(19)25-14)17(23)21-13-6-2-1-5-11(13)16(22)20-9-10-4-3-7-24-10/h1-2,5-6,8,10H,3-4,7,9H2,(H,20,22)(H,21,23). The van der Waals surface area contributed by atoms with Crippen molar-refractivity contribution < 1.29 is 14.3 Å². The van der Waals surface area contributed by atoms with Crippen molar-refractivity contribution in [2.45, 2.75) is 18.9 Å².